The molecule has 1 aliphatic heterocycles. The van der Waals surface area contributed by atoms with Gasteiger partial charge < -0.3 is 15.1 Å². The van der Waals surface area contributed by atoms with Crippen LogP contribution < -0.4 is 10.6 Å². The van der Waals surface area contributed by atoms with E-state index in [0.29, 0.717) is 5.56 Å². The number of carbonyl (C=O) groups is 1. The molecule has 0 atom stereocenters. The van der Waals surface area contributed by atoms with Crippen molar-refractivity contribution in [3.8, 4) is 11.3 Å². The molecular formula is C27H27N3O2. The lowest BCUT2D eigenvalue weighted by Gasteiger charge is -2.27. The van der Waals surface area contributed by atoms with Crippen molar-refractivity contribution in [1.82, 2.24) is 10.2 Å². The summed E-state index contributed by atoms with van der Waals surface area (Å²) in [6, 6.07) is 23.8. The van der Waals surface area contributed by atoms with Crippen LogP contribution in [0.1, 0.15) is 21.5 Å². The molecule has 3 aromatic carbocycles. The third-order valence-electron chi connectivity index (χ3n) is 5.95. The van der Waals surface area contributed by atoms with E-state index in [0.717, 1.165) is 66.3 Å². The van der Waals surface area contributed by atoms with Crippen LogP contribution in [0.15, 0.2) is 77.2 Å². The molecule has 5 heteroatoms. The van der Waals surface area contributed by atoms with Crippen molar-refractivity contribution < 1.29 is 9.21 Å². The summed E-state index contributed by atoms with van der Waals surface area (Å²) in [6.45, 7) is 7.14. The van der Waals surface area contributed by atoms with Crippen molar-refractivity contribution in [2.24, 2.45) is 0 Å². The van der Waals surface area contributed by atoms with Gasteiger partial charge in [-0.15, -0.1) is 0 Å². The lowest BCUT2D eigenvalue weighted by atomic mass is 10.1. The smallest absolute Gasteiger partial charge is 0.255 e. The number of hydrogen-bond donors (Lipinski definition) is 2. The number of fused-ring (bicyclic) bond motifs is 1. The lowest BCUT2D eigenvalue weighted by molar-refractivity contribution is 0.102. The van der Waals surface area contributed by atoms with Crippen LogP contribution in [0.3, 0.4) is 0 Å². The molecule has 0 unspecified atom stereocenters. The molecule has 0 bridgehead atoms. The Morgan fingerprint density at radius 2 is 1.78 bits per heavy atom. The zero-order valence-corrected chi connectivity index (χ0v) is 18.2. The van der Waals surface area contributed by atoms with Crippen molar-refractivity contribution in [2.45, 2.75) is 13.5 Å². The summed E-state index contributed by atoms with van der Waals surface area (Å²) in [6.07, 6.45) is 0. The first-order valence-corrected chi connectivity index (χ1v) is 11.1. The van der Waals surface area contributed by atoms with E-state index in [4.69, 9.17) is 4.42 Å². The summed E-state index contributed by atoms with van der Waals surface area (Å²) in [7, 11) is 0. The molecule has 32 heavy (non-hydrogen) atoms. The Morgan fingerprint density at radius 3 is 2.59 bits per heavy atom. The Bertz CT molecular complexity index is 1240. The number of anilines is 1. The molecule has 0 spiro atoms. The number of amides is 1. The molecule has 1 amide bonds. The Kier molecular flexibility index (Phi) is 5.75. The number of nitrogens with zero attached hydrogens (tertiary/aromatic N) is 1. The van der Waals surface area contributed by atoms with E-state index in [1.807, 2.05) is 61.5 Å². The van der Waals surface area contributed by atoms with Gasteiger partial charge in [0.25, 0.3) is 5.91 Å². The number of furan rings is 1. The second kappa shape index (κ2) is 8.99. The van der Waals surface area contributed by atoms with Gasteiger partial charge in [0, 0.05) is 49.2 Å². The molecule has 1 aromatic heterocycles. The topological polar surface area (TPSA) is 57.5 Å². The number of nitrogens with one attached hydrogen (secondary N) is 2. The highest BCUT2D eigenvalue weighted by atomic mass is 16.3. The van der Waals surface area contributed by atoms with Gasteiger partial charge in [0.05, 0.1) is 5.69 Å². The zero-order valence-electron chi connectivity index (χ0n) is 18.2. The summed E-state index contributed by atoms with van der Waals surface area (Å²) in [5, 5.41) is 7.50. The van der Waals surface area contributed by atoms with Gasteiger partial charge >= 0.3 is 0 Å². The molecule has 2 heterocycles. The highest BCUT2D eigenvalue weighted by molar-refractivity contribution is 6.06. The van der Waals surface area contributed by atoms with Gasteiger partial charge in [-0.05, 0) is 48.9 Å². The highest BCUT2D eigenvalue weighted by Gasteiger charge is 2.15. The fourth-order valence-electron chi connectivity index (χ4n) is 4.14. The van der Waals surface area contributed by atoms with Crippen molar-refractivity contribution in [3.05, 3.63) is 89.5 Å². The number of carbonyl (C=O) groups excluding carboxylic acids is 1. The maximum absolute atomic E-state index is 12.8. The second-order valence-corrected chi connectivity index (χ2v) is 8.37. The van der Waals surface area contributed by atoms with Gasteiger partial charge in [-0.25, -0.2) is 0 Å². The molecule has 1 saturated heterocycles. The average molecular weight is 426 g/mol. The molecule has 5 nitrogen and oxygen atoms in total. The molecular weight excluding hydrogens is 398 g/mol. The molecule has 2 N–H and O–H groups in total. The Morgan fingerprint density at radius 1 is 1.00 bits per heavy atom. The molecule has 5 rings (SSSR count). The van der Waals surface area contributed by atoms with Crippen LogP contribution in [-0.2, 0) is 6.54 Å². The zero-order chi connectivity index (χ0) is 21.9. The average Bonchev–Trinajstić information content (AvgIpc) is 3.24. The lowest BCUT2D eigenvalue weighted by Crippen LogP contribution is -2.42. The van der Waals surface area contributed by atoms with Crippen LogP contribution in [0, 0.1) is 6.92 Å². The maximum Gasteiger partial charge on any atom is 0.255 e. The van der Waals surface area contributed by atoms with Crippen LogP contribution in [0.5, 0.6) is 0 Å². The van der Waals surface area contributed by atoms with Gasteiger partial charge in [-0.1, -0.05) is 42.0 Å². The fraction of sp³-hybridized carbons (Fsp3) is 0.222. The molecule has 162 valence electrons. The molecule has 0 aliphatic carbocycles. The van der Waals surface area contributed by atoms with E-state index in [9.17, 15) is 4.79 Å². The quantitative estimate of drug-likeness (QED) is 0.469. The van der Waals surface area contributed by atoms with E-state index in [2.05, 4.69) is 33.7 Å². The van der Waals surface area contributed by atoms with Gasteiger partial charge in [-0.3, -0.25) is 9.69 Å². The first kappa shape index (κ1) is 20.5. The number of piperazine rings is 1. The summed E-state index contributed by atoms with van der Waals surface area (Å²) in [5.41, 5.74) is 5.48. The SMILES string of the molecule is Cc1ccc(C(=O)Nc2ccccc2-c2cc3ccc(CN4CCNCC4)cc3o2)cc1. The third kappa shape index (κ3) is 4.44. The van der Waals surface area contributed by atoms with Gasteiger partial charge in [0.15, 0.2) is 0 Å². The van der Waals surface area contributed by atoms with E-state index in [-0.39, 0.29) is 5.91 Å². The largest absolute Gasteiger partial charge is 0.456 e. The standard InChI is InChI=1S/C27H27N3O2/c1-19-6-9-21(10-7-19)27(31)29-24-5-3-2-4-23(24)26-17-22-11-8-20(16-25(22)32-26)18-30-14-12-28-13-15-30/h2-11,16-17,28H,12-15,18H2,1H3,(H,29,31). The van der Waals surface area contributed by atoms with E-state index in [1.54, 1.807) is 0 Å². The van der Waals surface area contributed by atoms with Crippen molar-refractivity contribution in [2.75, 3.05) is 31.5 Å². The van der Waals surface area contributed by atoms with Gasteiger partial charge in [-0.2, -0.15) is 0 Å². The van der Waals surface area contributed by atoms with Crippen molar-refractivity contribution >= 4 is 22.6 Å². The molecule has 4 aromatic rings. The van der Waals surface area contributed by atoms with Crippen LogP contribution in [-0.4, -0.2) is 37.0 Å². The number of hydrogen-bond acceptors (Lipinski definition) is 4. The van der Waals surface area contributed by atoms with Crippen LogP contribution in [0.25, 0.3) is 22.3 Å². The summed E-state index contributed by atoms with van der Waals surface area (Å²) in [5.74, 6) is 0.617. The Balaban J connectivity index is 1.40. The number of para-hydroxylation sites is 1. The normalized spacial score (nSPS) is 14.5. The van der Waals surface area contributed by atoms with Gasteiger partial charge in [0.2, 0.25) is 0 Å². The second-order valence-electron chi connectivity index (χ2n) is 8.37. The van der Waals surface area contributed by atoms with Crippen LogP contribution in [0.4, 0.5) is 5.69 Å². The number of aryl methyl sites for hydroxylation is 1. The van der Waals surface area contributed by atoms with E-state index >= 15 is 0 Å². The highest BCUT2D eigenvalue weighted by Crippen LogP contribution is 2.33. The molecule has 0 saturated carbocycles. The van der Waals surface area contributed by atoms with E-state index < -0.39 is 0 Å². The molecule has 1 fully saturated rings. The van der Waals surface area contributed by atoms with Crippen molar-refractivity contribution in [1.29, 1.82) is 0 Å². The molecule has 0 radical (unpaired) electrons. The first-order valence-electron chi connectivity index (χ1n) is 11.1. The first-order chi connectivity index (χ1) is 15.7. The summed E-state index contributed by atoms with van der Waals surface area (Å²) >= 11 is 0. The summed E-state index contributed by atoms with van der Waals surface area (Å²) < 4.78 is 6.25. The number of benzene rings is 3. The van der Waals surface area contributed by atoms with Crippen LogP contribution >= 0.6 is 0 Å². The predicted octanol–water partition coefficient (Wildman–Crippen LogP) is 5.07. The molecule has 1 aliphatic rings. The Hall–Kier alpha value is -3.41. The fourth-order valence-corrected chi connectivity index (χ4v) is 4.14. The third-order valence-corrected chi connectivity index (χ3v) is 5.95. The minimum absolute atomic E-state index is 0.133. The minimum Gasteiger partial charge on any atom is -0.456 e. The van der Waals surface area contributed by atoms with Crippen LogP contribution in [0.2, 0.25) is 0 Å². The Labute approximate surface area is 188 Å². The monoisotopic (exact) mass is 425 g/mol. The minimum atomic E-state index is -0.133. The van der Waals surface area contributed by atoms with E-state index in [1.165, 1.54) is 5.56 Å². The van der Waals surface area contributed by atoms with Crippen molar-refractivity contribution in [3.63, 3.8) is 0 Å². The van der Waals surface area contributed by atoms with Gasteiger partial charge in [0.1, 0.15) is 11.3 Å². The predicted molar refractivity (Wildman–Crippen MR) is 129 cm³/mol. The number of rotatable bonds is 5. The maximum atomic E-state index is 12.8. The summed E-state index contributed by atoms with van der Waals surface area (Å²) in [4.78, 5) is 15.2.